The topological polar surface area (TPSA) is 68.3 Å². The largest absolute Gasteiger partial charge is 0.297 e. The molecule has 0 bridgehead atoms. The Kier molecular flexibility index (Phi) is 4.50. The van der Waals surface area contributed by atoms with Crippen molar-refractivity contribution in [3.8, 4) is 0 Å². The summed E-state index contributed by atoms with van der Waals surface area (Å²) in [7, 11) is 0. The van der Waals surface area contributed by atoms with Crippen LogP contribution >= 0.6 is 11.6 Å². The van der Waals surface area contributed by atoms with Gasteiger partial charge in [-0.3, -0.25) is 18.8 Å². The number of fused-ring (bicyclic) bond motifs is 1. The summed E-state index contributed by atoms with van der Waals surface area (Å²) >= 11 is 5.94. The standard InChI is InChI=1S/C17H19ClN6O/c18-14-1-2-16-21-15(7-17(25)24(16)9-14)10-22-5-3-13(4-6-22)8-23-12-19-11-20-23/h1-2,7,9,11-13H,3-6,8,10H2. The zero-order valence-corrected chi connectivity index (χ0v) is 14.5. The van der Waals surface area contributed by atoms with Crippen molar-refractivity contribution in [3.63, 3.8) is 0 Å². The van der Waals surface area contributed by atoms with Crippen molar-refractivity contribution in [2.24, 2.45) is 5.92 Å². The number of hydrogen-bond donors (Lipinski definition) is 0. The van der Waals surface area contributed by atoms with Crippen molar-refractivity contribution in [3.05, 3.63) is 58.1 Å². The molecule has 4 heterocycles. The van der Waals surface area contributed by atoms with Gasteiger partial charge in [0.25, 0.3) is 5.56 Å². The van der Waals surface area contributed by atoms with Gasteiger partial charge < -0.3 is 0 Å². The molecule has 0 radical (unpaired) electrons. The van der Waals surface area contributed by atoms with Crippen LogP contribution in [0.15, 0.2) is 41.8 Å². The van der Waals surface area contributed by atoms with Gasteiger partial charge in [-0.15, -0.1) is 0 Å². The first-order valence-electron chi connectivity index (χ1n) is 8.40. The fourth-order valence-corrected chi connectivity index (χ4v) is 3.52. The predicted octanol–water partition coefficient (Wildman–Crippen LogP) is 1.85. The molecule has 1 saturated heterocycles. The highest BCUT2D eigenvalue weighted by molar-refractivity contribution is 6.30. The van der Waals surface area contributed by atoms with E-state index >= 15 is 0 Å². The lowest BCUT2D eigenvalue weighted by Crippen LogP contribution is -2.35. The number of halogens is 1. The fourth-order valence-electron chi connectivity index (χ4n) is 3.35. The second kappa shape index (κ2) is 6.93. The zero-order chi connectivity index (χ0) is 17.2. The Morgan fingerprint density at radius 3 is 2.84 bits per heavy atom. The minimum atomic E-state index is -0.0939. The normalized spacial score (nSPS) is 16.5. The van der Waals surface area contributed by atoms with Crippen LogP contribution in [0.25, 0.3) is 5.65 Å². The SMILES string of the molecule is O=c1cc(CN2CCC(Cn3cncn3)CC2)nc2ccc(Cl)cn12. The molecular weight excluding hydrogens is 340 g/mol. The number of nitrogens with zero attached hydrogens (tertiary/aromatic N) is 6. The molecule has 0 aliphatic carbocycles. The second-order valence-electron chi connectivity index (χ2n) is 6.50. The molecule has 1 aliphatic rings. The van der Waals surface area contributed by atoms with E-state index in [-0.39, 0.29) is 5.56 Å². The Morgan fingerprint density at radius 1 is 1.24 bits per heavy atom. The highest BCUT2D eigenvalue weighted by Crippen LogP contribution is 2.20. The minimum Gasteiger partial charge on any atom is -0.297 e. The number of piperidine rings is 1. The van der Waals surface area contributed by atoms with Gasteiger partial charge in [-0.25, -0.2) is 9.97 Å². The van der Waals surface area contributed by atoms with Gasteiger partial charge in [0.15, 0.2) is 0 Å². The molecule has 3 aromatic heterocycles. The van der Waals surface area contributed by atoms with Crippen LogP contribution in [0.3, 0.4) is 0 Å². The van der Waals surface area contributed by atoms with E-state index in [0.29, 0.717) is 23.1 Å². The summed E-state index contributed by atoms with van der Waals surface area (Å²) in [6.07, 6.45) is 7.17. The molecule has 8 heteroatoms. The first kappa shape index (κ1) is 16.2. The monoisotopic (exact) mass is 358 g/mol. The van der Waals surface area contributed by atoms with Gasteiger partial charge in [-0.2, -0.15) is 5.10 Å². The van der Waals surface area contributed by atoms with Crippen LogP contribution in [-0.4, -0.2) is 42.1 Å². The smallest absolute Gasteiger partial charge is 0.258 e. The summed E-state index contributed by atoms with van der Waals surface area (Å²) in [5.74, 6) is 0.621. The van der Waals surface area contributed by atoms with Crippen LogP contribution in [-0.2, 0) is 13.1 Å². The van der Waals surface area contributed by atoms with E-state index in [1.54, 1.807) is 37.1 Å². The van der Waals surface area contributed by atoms with E-state index in [1.165, 1.54) is 4.40 Å². The molecule has 1 fully saturated rings. The molecule has 0 amide bonds. The zero-order valence-electron chi connectivity index (χ0n) is 13.8. The van der Waals surface area contributed by atoms with E-state index in [0.717, 1.165) is 38.2 Å². The predicted molar refractivity (Wildman–Crippen MR) is 94.5 cm³/mol. The highest BCUT2D eigenvalue weighted by Gasteiger charge is 2.20. The maximum atomic E-state index is 12.3. The van der Waals surface area contributed by atoms with E-state index in [9.17, 15) is 4.79 Å². The Labute approximate surface area is 149 Å². The lowest BCUT2D eigenvalue weighted by Gasteiger charge is -2.31. The van der Waals surface area contributed by atoms with Crippen molar-refractivity contribution in [1.82, 2.24) is 29.0 Å². The number of rotatable bonds is 4. The van der Waals surface area contributed by atoms with E-state index < -0.39 is 0 Å². The molecule has 0 unspecified atom stereocenters. The van der Waals surface area contributed by atoms with Crippen LogP contribution in [0.2, 0.25) is 5.02 Å². The summed E-state index contributed by atoms with van der Waals surface area (Å²) in [5, 5.41) is 4.70. The van der Waals surface area contributed by atoms with Crippen LogP contribution in [0.1, 0.15) is 18.5 Å². The first-order chi connectivity index (χ1) is 12.2. The maximum Gasteiger partial charge on any atom is 0.258 e. The van der Waals surface area contributed by atoms with Crippen LogP contribution in [0.4, 0.5) is 0 Å². The molecule has 7 nitrogen and oxygen atoms in total. The van der Waals surface area contributed by atoms with Gasteiger partial charge in [0.1, 0.15) is 18.3 Å². The van der Waals surface area contributed by atoms with Crippen LogP contribution in [0.5, 0.6) is 0 Å². The van der Waals surface area contributed by atoms with Gasteiger partial charge in [-0.05, 0) is 44.0 Å². The summed E-state index contributed by atoms with van der Waals surface area (Å²) in [6, 6.07) is 5.13. The van der Waals surface area contributed by atoms with Gasteiger partial charge in [0.05, 0.1) is 10.7 Å². The van der Waals surface area contributed by atoms with Crippen molar-refractivity contribution in [2.45, 2.75) is 25.9 Å². The lowest BCUT2D eigenvalue weighted by molar-refractivity contribution is 0.163. The molecule has 0 atom stereocenters. The third-order valence-electron chi connectivity index (χ3n) is 4.68. The number of likely N-dealkylation sites (tertiary alicyclic amines) is 1. The first-order valence-corrected chi connectivity index (χ1v) is 8.78. The van der Waals surface area contributed by atoms with Crippen molar-refractivity contribution in [2.75, 3.05) is 13.1 Å². The van der Waals surface area contributed by atoms with Crippen molar-refractivity contribution < 1.29 is 0 Å². The highest BCUT2D eigenvalue weighted by atomic mass is 35.5. The molecule has 130 valence electrons. The third kappa shape index (κ3) is 3.72. The number of pyridine rings is 1. The molecule has 3 aromatic rings. The third-order valence-corrected chi connectivity index (χ3v) is 4.90. The molecule has 0 saturated carbocycles. The number of aromatic nitrogens is 5. The molecule has 1 aliphatic heterocycles. The molecule has 0 spiro atoms. The Morgan fingerprint density at radius 2 is 2.08 bits per heavy atom. The van der Waals surface area contributed by atoms with Gasteiger partial charge >= 0.3 is 0 Å². The quantitative estimate of drug-likeness (QED) is 0.712. The van der Waals surface area contributed by atoms with E-state index in [4.69, 9.17) is 11.6 Å². The van der Waals surface area contributed by atoms with E-state index in [1.807, 2.05) is 4.68 Å². The van der Waals surface area contributed by atoms with Crippen LogP contribution in [0, 0.1) is 5.92 Å². The van der Waals surface area contributed by atoms with Gasteiger partial charge in [0, 0.05) is 25.4 Å². The van der Waals surface area contributed by atoms with Crippen molar-refractivity contribution in [1.29, 1.82) is 0 Å². The second-order valence-corrected chi connectivity index (χ2v) is 6.93. The molecular formula is C17H19ClN6O. The molecule has 0 aromatic carbocycles. The Bertz CT molecular complexity index is 915. The molecule has 25 heavy (non-hydrogen) atoms. The minimum absolute atomic E-state index is 0.0939. The maximum absolute atomic E-state index is 12.3. The lowest BCUT2D eigenvalue weighted by atomic mass is 9.97. The number of hydrogen-bond acceptors (Lipinski definition) is 5. The summed E-state index contributed by atoms with van der Waals surface area (Å²) < 4.78 is 3.38. The van der Waals surface area contributed by atoms with Gasteiger partial charge in [0.2, 0.25) is 0 Å². The van der Waals surface area contributed by atoms with E-state index in [2.05, 4.69) is 20.0 Å². The average molecular weight is 359 g/mol. The summed E-state index contributed by atoms with van der Waals surface area (Å²) in [4.78, 5) is 23.2. The van der Waals surface area contributed by atoms with Crippen molar-refractivity contribution >= 4 is 17.2 Å². The Balaban J connectivity index is 1.41. The summed E-state index contributed by atoms with van der Waals surface area (Å²) in [5.41, 5.74) is 1.35. The molecule has 4 rings (SSSR count). The average Bonchev–Trinajstić information content (AvgIpc) is 3.10. The van der Waals surface area contributed by atoms with Crippen LogP contribution < -0.4 is 5.56 Å². The Hall–Kier alpha value is -2.25. The fraction of sp³-hybridized carbons (Fsp3) is 0.412. The molecule has 0 N–H and O–H groups in total. The van der Waals surface area contributed by atoms with Gasteiger partial charge in [-0.1, -0.05) is 11.6 Å². The summed E-state index contributed by atoms with van der Waals surface area (Å²) in [6.45, 7) is 3.62.